The summed E-state index contributed by atoms with van der Waals surface area (Å²) in [5.74, 6) is 0.400. The van der Waals surface area contributed by atoms with Gasteiger partial charge in [0.15, 0.2) is 0 Å². The number of allylic oxidation sites excluding steroid dienone is 1. The van der Waals surface area contributed by atoms with Crippen LogP contribution in [-0.2, 0) is 4.84 Å². The Morgan fingerprint density at radius 1 is 0.870 bits per heavy atom. The highest BCUT2D eigenvalue weighted by molar-refractivity contribution is 5.21. The van der Waals surface area contributed by atoms with E-state index in [0.717, 1.165) is 11.3 Å². The van der Waals surface area contributed by atoms with E-state index in [0.29, 0.717) is 5.92 Å². The van der Waals surface area contributed by atoms with E-state index in [4.69, 9.17) is 4.84 Å². The molecular formula is C21H27NO. The van der Waals surface area contributed by atoms with Crippen LogP contribution in [0.1, 0.15) is 51.0 Å². The summed E-state index contributed by atoms with van der Waals surface area (Å²) in [6.45, 7) is 12.6. The van der Waals surface area contributed by atoms with E-state index in [1.54, 1.807) is 0 Å². The summed E-state index contributed by atoms with van der Waals surface area (Å²) >= 11 is 0. The van der Waals surface area contributed by atoms with Gasteiger partial charge in [-0.05, 0) is 30.9 Å². The molecule has 0 spiro atoms. The molecule has 0 saturated carbocycles. The summed E-state index contributed by atoms with van der Waals surface area (Å²) in [6, 6.07) is 20.9. The van der Waals surface area contributed by atoms with Crippen LogP contribution >= 0.6 is 0 Å². The van der Waals surface area contributed by atoms with Gasteiger partial charge in [0.25, 0.3) is 0 Å². The van der Waals surface area contributed by atoms with E-state index < -0.39 is 0 Å². The summed E-state index contributed by atoms with van der Waals surface area (Å²) < 4.78 is 0. The molecular weight excluding hydrogens is 282 g/mol. The van der Waals surface area contributed by atoms with Crippen molar-refractivity contribution in [2.75, 3.05) is 0 Å². The number of hydrogen-bond acceptors (Lipinski definition) is 2. The van der Waals surface area contributed by atoms with Crippen LogP contribution in [0.3, 0.4) is 0 Å². The second kappa shape index (κ2) is 7.98. The molecule has 2 heteroatoms. The average Bonchev–Trinajstić information content (AvgIpc) is 2.55. The van der Waals surface area contributed by atoms with E-state index in [1.165, 1.54) is 5.56 Å². The third kappa shape index (κ3) is 4.46. The topological polar surface area (TPSA) is 12.5 Å². The molecule has 0 bridgehead atoms. The third-order valence-electron chi connectivity index (χ3n) is 3.94. The molecule has 0 aliphatic rings. The van der Waals surface area contributed by atoms with Gasteiger partial charge in [0.05, 0.1) is 6.04 Å². The molecule has 0 radical (unpaired) electrons. The molecule has 2 aromatic carbocycles. The minimum atomic E-state index is -0.0298. The van der Waals surface area contributed by atoms with E-state index in [1.807, 2.05) is 36.3 Å². The molecule has 2 atom stereocenters. The fourth-order valence-corrected chi connectivity index (χ4v) is 2.79. The van der Waals surface area contributed by atoms with Gasteiger partial charge in [0.2, 0.25) is 0 Å². The van der Waals surface area contributed by atoms with Crippen molar-refractivity contribution in [3.8, 4) is 0 Å². The average molecular weight is 309 g/mol. The van der Waals surface area contributed by atoms with Crippen molar-refractivity contribution in [1.29, 1.82) is 0 Å². The van der Waals surface area contributed by atoms with Crippen LogP contribution < -0.4 is 0 Å². The Morgan fingerprint density at radius 3 is 1.78 bits per heavy atom. The molecule has 2 unspecified atom stereocenters. The van der Waals surface area contributed by atoms with Gasteiger partial charge in [-0.2, -0.15) is 0 Å². The van der Waals surface area contributed by atoms with E-state index in [2.05, 4.69) is 63.7 Å². The normalized spacial score (nSPS) is 13.6. The highest BCUT2D eigenvalue weighted by atomic mass is 16.7. The Kier molecular flexibility index (Phi) is 6.00. The lowest BCUT2D eigenvalue weighted by Crippen LogP contribution is -2.31. The summed E-state index contributed by atoms with van der Waals surface area (Å²) in [5.41, 5.74) is 3.32. The van der Waals surface area contributed by atoms with E-state index in [9.17, 15) is 0 Å². The largest absolute Gasteiger partial charge is 0.265 e. The lowest BCUT2D eigenvalue weighted by Gasteiger charge is -2.37. The summed E-state index contributed by atoms with van der Waals surface area (Å²) in [5, 5.41) is 1.97. The van der Waals surface area contributed by atoms with Gasteiger partial charge in [-0.25, -0.2) is 0 Å². The van der Waals surface area contributed by atoms with Crippen LogP contribution in [0.4, 0.5) is 0 Å². The first-order valence-electron chi connectivity index (χ1n) is 8.22. The van der Waals surface area contributed by atoms with Crippen molar-refractivity contribution in [2.45, 2.75) is 39.8 Å². The van der Waals surface area contributed by atoms with Gasteiger partial charge in [0.1, 0.15) is 6.10 Å². The Bertz CT molecular complexity index is 606. The first kappa shape index (κ1) is 17.3. The SMILES string of the molecule is C=C(C)N(OC(C)c1ccccc1)C(c1ccccc1)C(C)C. The molecule has 0 saturated heterocycles. The number of nitrogens with zero attached hydrogens (tertiary/aromatic N) is 1. The fraction of sp³-hybridized carbons (Fsp3) is 0.333. The molecule has 0 fully saturated rings. The zero-order valence-electron chi connectivity index (χ0n) is 14.6. The zero-order chi connectivity index (χ0) is 16.8. The van der Waals surface area contributed by atoms with Crippen molar-refractivity contribution in [3.63, 3.8) is 0 Å². The van der Waals surface area contributed by atoms with Crippen molar-refractivity contribution >= 4 is 0 Å². The molecule has 0 aliphatic heterocycles. The minimum absolute atomic E-state index is 0.0298. The lowest BCUT2D eigenvalue weighted by molar-refractivity contribution is -0.204. The van der Waals surface area contributed by atoms with Crippen molar-refractivity contribution in [1.82, 2.24) is 5.06 Å². The molecule has 0 N–H and O–H groups in total. The van der Waals surface area contributed by atoms with Crippen LogP contribution in [0.2, 0.25) is 0 Å². The molecule has 2 rings (SSSR count). The molecule has 2 nitrogen and oxygen atoms in total. The second-order valence-corrected chi connectivity index (χ2v) is 6.32. The second-order valence-electron chi connectivity index (χ2n) is 6.32. The van der Waals surface area contributed by atoms with Crippen LogP contribution in [0.25, 0.3) is 0 Å². The monoisotopic (exact) mass is 309 g/mol. The maximum absolute atomic E-state index is 6.31. The Hall–Kier alpha value is -2.06. The third-order valence-corrected chi connectivity index (χ3v) is 3.94. The summed E-state index contributed by atoms with van der Waals surface area (Å²) in [6.07, 6.45) is -0.0298. The first-order chi connectivity index (χ1) is 11.0. The summed E-state index contributed by atoms with van der Waals surface area (Å²) in [7, 11) is 0. The molecule has 0 amide bonds. The number of hydrogen-bond donors (Lipinski definition) is 0. The highest BCUT2D eigenvalue weighted by Gasteiger charge is 2.26. The van der Waals surface area contributed by atoms with Gasteiger partial charge < -0.3 is 0 Å². The van der Waals surface area contributed by atoms with Gasteiger partial charge in [-0.1, -0.05) is 81.1 Å². The first-order valence-corrected chi connectivity index (χ1v) is 8.22. The van der Waals surface area contributed by atoms with Gasteiger partial charge in [0, 0.05) is 5.70 Å². The van der Waals surface area contributed by atoms with Crippen LogP contribution in [-0.4, -0.2) is 5.06 Å². The Morgan fingerprint density at radius 2 is 1.35 bits per heavy atom. The Balaban J connectivity index is 2.27. The predicted octanol–water partition coefficient (Wildman–Crippen LogP) is 5.91. The molecule has 2 aromatic rings. The maximum atomic E-state index is 6.31. The van der Waals surface area contributed by atoms with Crippen molar-refractivity contribution < 1.29 is 4.84 Å². The number of benzene rings is 2. The highest BCUT2D eigenvalue weighted by Crippen LogP contribution is 2.34. The predicted molar refractivity (Wildman–Crippen MR) is 96.6 cm³/mol. The number of rotatable bonds is 7. The van der Waals surface area contributed by atoms with Crippen molar-refractivity contribution in [3.05, 3.63) is 84.1 Å². The molecule has 23 heavy (non-hydrogen) atoms. The molecule has 0 heterocycles. The van der Waals surface area contributed by atoms with Crippen LogP contribution in [0, 0.1) is 5.92 Å². The maximum Gasteiger partial charge on any atom is 0.108 e. The summed E-state index contributed by atoms with van der Waals surface area (Å²) in [4.78, 5) is 6.31. The van der Waals surface area contributed by atoms with Gasteiger partial charge in [-0.3, -0.25) is 9.90 Å². The van der Waals surface area contributed by atoms with Crippen molar-refractivity contribution in [2.24, 2.45) is 5.92 Å². The van der Waals surface area contributed by atoms with Gasteiger partial charge in [-0.15, -0.1) is 0 Å². The van der Waals surface area contributed by atoms with Crippen LogP contribution in [0.15, 0.2) is 72.9 Å². The van der Waals surface area contributed by atoms with E-state index in [-0.39, 0.29) is 12.1 Å². The number of hydroxylamine groups is 2. The zero-order valence-corrected chi connectivity index (χ0v) is 14.6. The molecule has 122 valence electrons. The standard InChI is InChI=1S/C21H27NO/c1-16(2)21(20-14-10-7-11-15-20)22(17(3)4)23-18(5)19-12-8-6-9-13-19/h6-16,18,21H,3H2,1-2,4-5H3. The minimum Gasteiger partial charge on any atom is -0.265 e. The van der Waals surface area contributed by atoms with E-state index >= 15 is 0 Å². The lowest BCUT2D eigenvalue weighted by atomic mass is 9.95. The quantitative estimate of drug-likeness (QED) is 0.589. The molecule has 0 aromatic heterocycles. The molecule has 0 aliphatic carbocycles. The van der Waals surface area contributed by atoms with Gasteiger partial charge >= 0.3 is 0 Å². The Labute approximate surface area is 140 Å². The van der Waals surface area contributed by atoms with Crippen LogP contribution in [0.5, 0.6) is 0 Å². The fourth-order valence-electron chi connectivity index (χ4n) is 2.79. The smallest absolute Gasteiger partial charge is 0.108 e.